The van der Waals surface area contributed by atoms with E-state index in [2.05, 4.69) is 10.3 Å². The summed E-state index contributed by atoms with van der Waals surface area (Å²) in [6.07, 6.45) is 0.0817. The standard InChI is InChI=1S/C20H21N3O3S/c1-23(2)15-8-4-13(5-9-15)20-22-19(25)17(27-20)12-18(24)21-14-6-10-16(26-3)11-7-14/h4-11,17H,12H2,1-3H3,(H,21,24)/t17-/m0/s1. The number of hydrogen-bond acceptors (Lipinski definition) is 5. The number of amides is 2. The van der Waals surface area contributed by atoms with Crippen molar-refractivity contribution in [2.45, 2.75) is 11.7 Å². The van der Waals surface area contributed by atoms with Gasteiger partial charge in [0.2, 0.25) is 5.91 Å². The van der Waals surface area contributed by atoms with Gasteiger partial charge in [-0.15, -0.1) is 0 Å². The van der Waals surface area contributed by atoms with Crippen molar-refractivity contribution in [1.82, 2.24) is 0 Å². The molecule has 2 aromatic rings. The van der Waals surface area contributed by atoms with Crippen LogP contribution >= 0.6 is 11.8 Å². The first-order valence-corrected chi connectivity index (χ1v) is 9.35. The molecule has 0 unspecified atom stereocenters. The largest absolute Gasteiger partial charge is 0.497 e. The molecule has 0 spiro atoms. The zero-order chi connectivity index (χ0) is 19.4. The van der Waals surface area contributed by atoms with Gasteiger partial charge in [-0.2, -0.15) is 0 Å². The lowest BCUT2D eigenvalue weighted by atomic mass is 10.2. The van der Waals surface area contributed by atoms with Crippen molar-refractivity contribution in [1.29, 1.82) is 0 Å². The smallest absolute Gasteiger partial charge is 0.260 e. The molecule has 1 N–H and O–H groups in total. The molecule has 0 aromatic heterocycles. The molecule has 0 radical (unpaired) electrons. The molecule has 3 rings (SSSR count). The maximum Gasteiger partial charge on any atom is 0.260 e. The molecule has 1 atom stereocenters. The third kappa shape index (κ3) is 4.68. The van der Waals surface area contributed by atoms with Gasteiger partial charge in [-0.1, -0.05) is 23.9 Å². The first-order chi connectivity index (χ1) is 13.0. The Bertz CT molecular complexity index is 861. The SMILES string of the molecule is COc1ccc(NC(=O)C[C@@H]2SC(c3ccc(N(C)C)cc3)=NC2=O)cc1. The maximum absolute atomic E-state index is 12.3. The average molecular weight is 383 g/mol. The molecule has 0 aliphatic carbocycles. The van der Waals surface area contributed by atoms with Gasteiger partial charge < -0.3 is 15.0 Å². The van der Waals surface area contributed by atoms with Crippen LogP contribution in [-0.4, -0.2) is 43.3 Å². The number of benzene rings is 2. The van der Waals surface area contributed by atoms with Gasteiger partial charge in [0.25, 0.3) is 5.91 Å². The Balaban J connectivity index is 1.59. The Morgan fingerprint density at radius 2 is 1.81 bits per heavy atom. The Morgan fingerprint density at radius 3 is 2.41 bits per heavy atom. The van der Waals surface area contributed by atoms with E-state index in [9.17, 15) is 9.59 Å². The van der Waals surface area contributed by atoms with Gasteiger partial charge in [-0.3, -0.25) is 9.59 Å². The van der Waals surface area contributed by atoms with Crippen molar-refractivity contribution in [3.8, 4) is 5.75 Å². The molecule has 27 heavy (non-hydrogen) atoms. The van der Waals surface area contributed by atoms with Crippen LogP contribution in [0, 0.1) is 0 Å². The highest BCUT2D eigenvalue weighted by molar-refractivity contribution is 8.16. The first kappa shape index (κ1) is 19.0. The number of carbonyl (C=O) groups excluding carboxylic acids is 2. The first-order valence-electron chi connectivity index (χ1n) is 8.47. The lowest BCUT2D eigenvalue weighted by molar-refractivity contribution is -0.121. The number of carbonyl (C=O) groups is 2. The highest BCUT2D eigenvalue weighted by atomic mass is 32.2. The Morgan fingerprint density at radius 1 is 1.15 bits per heavy atom. The van der Waals surface area contributed by atoms with E-state index in [0.29, 0.717) is 16.5 Å². The minimum Gasteiger partial charge on any atom is -0.497 e. The van der Waals surface area contributed by atoms with E-state index in [-0.39, 0.29) is 18.2 Å². The molecule has 0 saturated heterocycles. The minimum absolute atomic E-state index is 0.0817. The second-order valence-electron chi connectivity index (χ2n) is 6.28. The van der Waals surface area contributed by atoms with Gasteiger partial charge in [0.15, 0.2) is 0 Å². The van der Waals surface area contributed by atoms with Crippen LogP contribution in [0.3, 0.4) is 0 Å². The number of hydrogen-bond donors (Lipinski definition) is 1. The van der Waals surface area contributed by atoms with Crippen molar-refractivity contribution in [3.05, 3.63) is 54.1 Å². The molecule has 0 fully saturated rings. The molecule has 0 saturated carbocycles. The lowest BCUT2D eigenvalue weighted by Gasteiger charge is -2.12. The Hall–Kier alpha value is -2.80. The molecular formula is C20H21N3O3S. The van der Waals surface area contributed by atoms with E-state index in [1.807, 2.05) is 43.3 Å². The predicted molar refractivity (Wildman–Crippen MR) is 110 cm³/mol. The van der Waals surface area contributed by atoms with Crippen molar-refractivity contribution in [3.63, 3.8) is 0 Å². The number of methoxy groups -OCH3 is 1. The molecule has 0 bridgehead atoms. The normalized spacial score (nSPS) is 16.0. The number of aliphatic imine (C=N–C) groups is 1. The zero-order valence-electron chi connectivity index (χ0n) is 15.4. The average Bonchev–Trinajstić information content (AvgIpc) is 3.02. The third-order valence-corrected chi connectivity index (χ3v) is 5.32. The fraction of sp³-hybridized carbons (Fsp3) is 0.250. The fourth-order valence-electron chi connectivity index (χ4n) is 2.60. The summed E-state index contributed by atoms with van der Waals surface area (Å²) in [4.78, 5) is 30.6. The van der Waals surface area contributed by atoms with Gasteiger partial charge >= 0.3 is 0 Å². The predicted octanol–water partition coefficient (Wildman–Crippen LogP) is 3.18. The quantitative estimate of drug-likeness (QED) is 0.830. The van der Waals surface area contributed by atoms with Gasteiger partial charge in [0.05, 0.1) is 7.11 Å². The van der Waals surface area contributed by atoms with Crippen LogP contribution in [0.5, 0.6) is 5.75 Å². The molecule has 1 aliphatic rings. The van der Waals surface area contributed by atoms with Crippen molar-refractivity contribution in [2.75, 3.05) is 31.4 Å². The lowest BCUT2D eigenvalue weighted by Crippen LogP contribution is -2.21. The summed E-state index contributed by atoms with van der Waals surface area (Å²) in [6, 6.07) is 14.9. The molecule has 1 heterocycles. The topological polar surface area (TPSA) is 71.0 Å². The van der Waals surface area contributed by atoms with Crippen LogP contribution in [0.4, 0.5) is 11.4 Å². The fourth-order valence-corrected chi connectivity index (χ4v) is 3.67. The number of nitrogens with one attached hydrogen (secondary N) is 1. The van der Waals surface area contributed by atoms with Crippen LogP contribution in [-0.2, 0) is 9.59 Å². The van der Waals surface area contributed by atoms with Gasteiger partial charge in [-0.25, -0.2) is 4.99 Å². The summed E-state index contributed by atoms with van der Waals surface area (Å²) in [5, 5.41) is 2.96. The number of rotatable bonds is 6. The van der Waals surface area contributed by atoms with Crippen molar-refractivity contribution >= 4 is 40.0 Å². The number of nitrogens with zero attached hydrogens (tertiary/aromatic N) is 2. The van der Waals surface area contributed by atoms with Crippen molar-refractivity contribution < 1.29 is 14.3 Å². The van der Waals surface area contributed by atoms with Crippen LogP contribution in [0.25, 0.3) is 0 Å². The summed E-state index contributed by atoms with van der Waals surface area (Å²) in [5.41, 5.74) is 2.62. The summed E-state index contributed by atoms with van der Waals surface area (Å²) in [6.45, 7) is 0. The van der Waals surface area contributed by atoms with E-state index in [1.54, 1.807) is 31.4 Å². The summed E-state index contributed by atoms with van der Waals surface area (Å²) >= 11 is 1.34. The zero-order valence-corrected chi connectivity index (χ0v) is 16.2. The van der Waals surface area contributed by atoms with E-state index < -0.39 is 5.25 Å². The minimum atomic E-state index is -0.494. The highest BCUT2D eigenvalue weighted by Crippen LogP contribution is 2.30. The van der Waals surface area contributed by atoms with Crippen LogP contribution in [0.15, 0.2) is 53.5 Å². The third-order valence-electron chi connectivity index (χ3n) is 4.12. The monoisotopic (exact) mass is 383 g/mol. The summed E-state index contributed by atoms with van der Waals surface area (Å²) in [7, 11) is 5.53. The van der Waals surface area contributed by atoms with Crippen molar-refractivity contribution in [2.24, 2.45) is 4.99 Å². The number of anilines is 2. The van der Waals surface area contributed by atoms with Crippen LogP contribution < -0.4 is 15.0 Å². The molecule has 140 valence electrons. The van der Waals surface area contributed by atoms with Gasteiger partial charge in [0.1, 0.15) is 16.0 Å². The molecule has 7 heteroatoms. The van der Waals surface area contributed by atoms with Gasteiger partial charge in [-0.05, 0) is 36.4 Å². The van der Waals surface area contributed by atoms with Gasteiger partial charge in [0, 0.05) is 37.5 Å². The molecule has 1 aliphatic heterocycles. The summed E-state index contributed by atoms with van der Waals surface area (Å²) < 4.78 is 5.09. The molecule has 2 amide bonds. The molecular weight excluding hydrogens is 362 g/mol. The second-order valence-corrected chi connectivity index (χ2v) is 7.48. The van der Waals surface area contributed by atoms with Crippen LogP contribution in [0.1, 0.15) is 12.0 Å². The summed E-state index contributed by atoms with van der Waals surface area (Å²) in [5.74, 6) is 0.231. The second kappa shape index (κ2) is 8.26. The number of thioether (sulfide) groups is 1. The maximum atomic E-state index is 12.3. The highest BCUT2D eigenvalue weighted by Gasteiger charge is 2.31. The van der Waals surface area contributed by atoms with E-state index in [0.717, 1.165) is 11.3 Å². The number of ether oxygens (including phenoxy) is 1. The van der Waals surface area contributed by atoms with E-state index in [4.69, 9.17) is 4.74 Å². The van der Waals surface area contributed by atoms with Crippen LogP contribution in [0.2, 0.25) is 0 Å². The Kier molecular flexibility index (Phi) is 5.81. The van der Waals surface area contributed by atoms with E-state index >= 15 is 0 Å². The Labute approximate surface area is 162 Å². The molecule has 2 aromatic carbocycles. The van der Waals surface area contributed by atoms with E-state index in [1.165, 1.54) is 11.8 Å². The molecule has 6 nitrogen and oxygen atoms in total.